The van der Waals surface area contributed by atoms with Gasteiger partial charge >= 0.3 is 0 Å². The average Bonchev–Trinajstić information content (AvgIpc) is 2.58. The lowest BCUT2D eigenvalue weighted by atomic mass is 10.00. The maximum Gasteiger partial charge on any atom is 0.260 e. The SMILES string of the molecule is CCCOc1ccc(OCC(=O)N2CCCCC2CC)cc1. The molecule has 1 amide bonds. The first kappa shape index (κ1) is 16.7. The lowest BCUT2D eigenvalue weighted by Crippen LogP contribution is -2.45. The fourth-order valence-corrected chi connectivity index (χ4v) is 2.83. The van der Waals surface area contributed by atoms with E-state index in [0.717, 1.165) is 38.0 Å². The van der Waals surface area contributed by atoms with E-state index in [1.54, 1.807) is 0 Å². The molecule has 1 aromatic rings. The third-order valence-electron chi connectivity index (χ3n) is 4.08. The molecular formula is C18H27NO3. The van der Waals surface area contributed by atoms with E-state index in [4.69, 9.17) is 9.47 Å². The van der Waals surface area contributed by atoms with Crippen molar-refractivity contribution in [3.8, 4) is 11.5 Å². The molecule has 4 heteroatoms. The maximum atomic E-state index is 12.3. The van der Waals surface area contributed by atoms with Crippen LogP contribution in [0.1, 0.15) is 46.0 Å². The standard InChI is InChI=1S/C18H27NO3/c1-3-13-21-16-8-10-17(11-9-16)22-14-18(20)19-12-6-5-7-15(19)4-2/h8-11,15H,3-7,12-14H2,1-2H3. The van der Waals surface area contributed by atoms with Crippen molar-refractivity contribution < 1.29 is 14.3 Å². The molecule has 1 aliphatic rings. The van der Waals surface area contributed by atoms with Crippen LogP contribution in [0.15, 0.2) is 24.3 Å². The number of ether oxygens (including phenoxy) is 2. The van der Waals surface area contributed by atoms with Gasteiger partial charge in [0.15, 0.2) is 6.61 Å². The first-order valence-electron chi connectivity index (χ1n) is 8.39. The Morgan fingerprint density at radius 1 is 1.14 bits per heavy atom. The second-order valence-corrected chi connectivity index (χ2v) is 5.75. The molecule has 4 nitrogen and oxygen atoms in total. The van der Waals surface area contributed by atoms with Crippen molar-refractivity contribution in [3.63, 3.8) is 0 Å². The Morgan fingerprint density at radius 3 is 2.45 bits per heavy atom. The fourth-order valence-electron chi connectivity index (χ4n) is 2.83. The molecule has 0 spiro atoms. The summed E-state index contributed by atoms with van der Waals surface area (Å²) < 4.78 is 11.2. The molecule has 2 rings (SSSR count). The zero-order chi connectivity index (χ0) is 15.8. The van der Waals surface area contributed by atoms with Crippen molar-refractivity contribution in [1.82, 2.24) is 4.90 Å². The summed E-state index contributed by atoms with van der Waals surface area (Å²) in [6, 6.07) is 7.85. The molecule has 1 aliphatic heterocycles. The van der Waals surface area contributed by atoms with Crippen LogP contribution in [0.4, 0.5) is 0 Å². The minimum Gasteiger partial charge on any atom is -0.494 e. The van der Waals surface area contributed by atoms with E-state index in [9.17, 15) is 4.79 Å². The Hall–Kier alpha value is -1.71. The van der Waals surface area contributed by atoms with Crippen LogP contribution in [0.3, 0.4) is 0 Å². The maximum absolute atomic E-state index is 12.3. The number of amides is 1. The van der Waals surface area contributed by atoms with Gasteiger partial charge in [-0.25, -0.2) is 0 Å². The quantitative estimate of drug-likeness (QED) is 0.772. The highest BCUT2D eigenvalue weighted by molar-refractivity contribution is 5.78. The first-order valence-corrected chi connectivity index (χ1v) is 8.39. The summed E-state index contributed by atoms with van der Waals surface area (Å²) in [6.07, 6.45) is 5.45. The lowest BCUT2D eigenvalue weighted by Gasteiger charge is -2.35. The highest BCUT2D eigenvalue weighted by atomic mass is 16.5. The fraction of sp³-hybridized carbons (Fsp3) is 0.611. The van der Waals surface area contributed by atoms with Crippen molar-refractivity contribution >= 4 is 5.91 Å². The third-order valence-corrected chi connectivity index (χ3v) is 4.08. The van der Waals surface area contributed by atoms with Gasteiger partial charge in [-0.1, -0.05) is 13.8 Å². The van der Waals surface area contributed by atoms with Gasteiger partial charge in [0.2, 0.25) is 0 Å². The second kappa shape index (κ2) is 8.66. The average molecular weight is 305 g/mol. The number of likely N-dealkylation sites (tertiary alicyclic amines) is 1. The lowest BCUT2D eigenvalue weighted by molar-refractivity contribution is -0.137. The van der Waals surface area contributed by atoms with Crippen molar-refractivity contribution in [1.29, 1.82) is 0 Å². The summed E-state index contributed by atoms with van der Waals surface area (Å²) in [7, 11) is 0. The van der Waals surface area contributed by atoms with E-state index in [1.807, 2.05) is 29.2 Å². The van der Waals surface area contributed by atoms with E-state index < -0.39 is 0 Å². The molecular weight excluding hydrogens is 278 g/mol. The van der Waals surface area contributed by atoms with Crippen LogP contribution in [-0.2, 0) is 4.79 Å². The normalized spacial score (nSPS) is 18.1. The molecule has 1 aromatic carbocycles. The number of hydrogen-bond acceptors (Lipinski definition) is 3. The highest BCUT2D eigenvalue weighted by Gasteiger charge is 2.25. The summed E-state index contributed by atoms with van der Waals surface area (Å²) in [4.78, 5) is 14.3. The Bertz CT molecular complexity index is 458. The number of piperidine rings is 1. The van der Waals surface area contributed by atoms with Gasteiger partial charge in [0.05, 0.1) is 6.61 Å². The molecule has 0 radical (unpaired) electrons. The number of hydrogen-bond donors (Lipinski definition) is 0. The Labute approximate surface area is 133 Å². The Morgan fingerprint density at radius 2 is 1.82 bits per heavy atom. The van der Waals surface area contributed by atoms with E-state index >= 15 is 0 Å². The minimum atomic E-state index is 0.0952. The number of carbonyl (C=O) groups is 1. The summed E-state index contributed by atoms with van der Waals surface area (Å²) in [5, 5.41) is 0. The van der Waals surface area contributed by atoms with Crippen LogP contribution >= 0.6 is 0 Å². The van der Waals surface area contributed by atoms with E-state index in [0.29, 0.717) is 18.4 Å². The third kappa shape index (κ3) is 4.65. The van der Waals surface area contributed by atoms with Gasteiger partial charge in [0.1, 0.15) is 11.5 Å². The van der Waals surface area contributed by atoms with Gasteiger partial charge in [-0.2, -0.15) is 0 Å². The molecule has 0 N–H and O–H groups in total. The van der Waals surface area contributed by atoms with Gasteiger partial charge in [-0.05, 0) is 56.4 Å². The summed E-state index contributed by atoms with van der Waals surface area (Å²) in [5.74, 6) is 1.64. The minimum absolute atomic E-state index is 0.0952. The highest BCUT2D eigenvalue weighted by Crippen LogP contribution is 2.21. The molecule has 0 bridgehead atoms. The molecule has 1 atom stereocenters. The van der Waals surface area contributed by atoms with Crippen molar-refractivity contribution in [2.24, 2.45) is 0 Å². The van der Waals surface area contributed by atoms with Crippen LogP contribution < -0.4 is 9.47 Å². The zero-order valence-electron chi connectivity index (χ0n) is 13.7. The number of nitrogens with zero attached hydrogens (tertiary/aromatic N) is 1. The number of rotatable bonds is 7. The summed E-state index contributed by atoms with van der Waals surface area (Å²) in [5.41, 5.74) is 0. The second-order valence-electron chi connectivity index (χ2n) is 5.75. The van der Waals surface area contributed by atoms with Gasteiger partial charge in [-0.15, -0.1) is 0 Å². The Balaban J connectivity index is 1.82. The van der Waals surface area contributed by atoms with E-state index in [2.05, 4.69) is 13.8 Å². The van der Waals surface area contributed by atoms with E-state index in [1.165, 1.54) is 6.42 Å². The predicted octanol–water partition coefficient (Wildman–Crippen LogP) is 3.65. The molecule has 122 valence electrons. The molecule has 1 saturated heterocycles. The van der Waals surface area contributed by atoms with Crippen LogP contribution in [0, 0.1) is 0 Å². The molecule has 1 fully saturated rings. The van der Waals surface area contributed by atoms with Crippen LogP contribution in [0.25, 0.3) is 0 Å². The van der Waals surface area contributed by atoms with Crippen molar-refractivity contribution in [3.05, 3.63) is 24.3 Å². The van der Waals surface area contributed by atoms with Crippen molar-refractivity contribution in [2.75, 3.05) is 19.8 Å². The monoisotopic (exact) mass is 305 g/mol. The Kier molecular flexibility index (Phi) is 6.56. The van der Waals surface area contributed by atoms with Gasteiger partial charge in [0, 0.05) is 12.6 Å². The number of benzene rings is 1. The smallest absolute Gasteiger partial charge is 0.260 e. The molecule has 0 saturated carbocycles. The zero-order valence-corrected chi connectivity index (χ0v) is 13.7. The molecule has 1 unspecified atom stereocenters. The van der Waals surface area contributed by atoms with Crippen LogP contribution in [0.5, 0.6) is 11.5 Å². The van der Waals surface area contributed by atoms with Gasteiger partial charge in [0.25, 0.3) is 5.91 Å². The van der Waals surface area contributed by atoms with Crippen LogP contribution in [0.2, 0.25) is 0 Å². The number of carbonyl (C=O) groups excluding carboxylic acids is 1. The summed E-state index contributed by atoms with van der Waals surface area (Å²) >= 11 is 0. The van der Waals surface area contributed by atoms with E-state index in [-0.39, 0.29) is 12.5 Å². The first-order chi connectivity index (χ1) is 10.7. The molecule has 0 aromatic heterocycles. The molecule has 22 heavy (non-hydrogen) atoms. The predicted molar refractivity (Wildman–Crippen MR) is 87.4 cm³/mol. The summed E-state index contributed by atoms with van der Waals surface area (Å²) in [6.45, 7) is 5.92. The van der Waals surface area contributed by atoms with Crippen LogP contribution in [-0.4, -0.2) is 36.6 Å². The van der Waals surface area contributed by atoms with Crippen molar-refractivity contribution in [2.45, 2.75) is 52.0 Å². The van der Waals surface area contributed by atoms with Gasteiger partial charge < -0.3 is 14.4 Å². The molecule has 0 aliphatic carbocycles. The topological polar surface area (TPSA) is 38.8 Å². The van der Waals surface area contributed by atoms with Gasteiger partial charge in [-0.3, -0.25) is 4.79 Å². The molecule has 1 heterocycles. The largest absolute Gasteiger partial charge is 0.494 e.